The second kappa shape index (κ2) is 5.87. The number of nitrogens with zero attached hydrogens (tertiary/aromatic N) is 2. The first-order valence-electron chi connectivity index (χ1n) is 6.49. The maximum atomic E-state index is 12.5. The van der Waals surface area contributed by atoms with Gasteiger partial charge in [0, 0.05) is 31.6 Å². The van der Waals surface area contributed by atoms with Crippen molar-refractivity contribution in [2.75, 3.05) is 25.5 Å². The molecule has 1 unspecified atom stereocenters. The average molecular weight is 281 g/mol. The third-order valence-corrected chi connectivity index (χ3v) is 6.01. The van der Waals surface area contributed by atoms with Gasteiger partial charge in [-0.1, -0.05) is 6.42 Å². The lowest BCUT2D eigenvalue weighted by Crippen LogP contribution is -2.50. The lowest BCUT2D eigenvalue weighted by atomic mass is 10.0. The second-order valence-electron chi connectivity index (χ2n) is 4.85. The molecular formula is C11H21ClN2O2S. The smallest absolute Gasteiger partial charge is 0.195 e. The zero-order valence-corrected chi connectivity index (χ0v) is 11.7. The van der Waals surface area contributed by atoms with E-state index in [-0.39, 0.29) is 6.04 Å². The largest absolute Gasteiger partial charge is 0.282 e. The topological polar surface area (TPSA) is 40.6 Å². The van der Waals surface area contributed by atoms with E-state index in [9.17, 15) is 8.42 Å². The molecule has 100 valence electrons. The van der Waals surface area contributed by atoms with Gasteiger partial charge in [-0.3, -0.25) is 0 Å². The van der Waals surface area contributed by atoms with Crippen LogP contribution < -0.4 is 0 Å². The first-order chi connectivity index (χ1) is 8.16. The lowest BCUT2D eigenvalue weighted by molar-refractivity contribution is 0.232. The van der Waals surface area contributed by atoms with E-state index >= 15 is 0 Å². The molecule has 0 aromatic rings. The summed E-state index contributed by atoms with van der Waals surface area (Å²) in [5.74, 6) is 0.538. The van der Waals surface area contributed by atoms with Crippen LogP contribution in [-0.4, -0.2) is 48.6 Å². The molecule has 2 fully saturated rings. The van der Waals surface area contributed by atoms with Crippen molar-refractivity contribution in [2.45, 2.75) is 44.6 Å². The van der Waals surface area contributed by atoms with Gasteiger partial charge in [0.1, 0.15) is 0 Å². The second-order valence-corrected chi connectivity index (χ2v) is 7.11. The molecule has 0 aliphatic carbocycles. The molecule has 2 aliphatic rings. The van der Waals surface area contributed by atoms with E-state index in [0.717, 1.165) is 38.5 Å². The molecule has 2 aliphatic heterocycles. The van der Waals surface area contributed by atoms with Gasteiger partial charge in [-0.25, -0.2) is 0 Å². The molecule has 2 rings (SSSR count). The molecular weight excluding hydrogens is 260 g/mol. The summed E-state index contributed by atoms with van der Waals surface area (Å²) in [4.78, 5) is 0. The minimum absolute atomic E-state index is 0.117. The Hall–Kier alpha value is 0.160. The normalized spacial score (nSPS) is 28.6. The molecule has 2 saturated heterocycles. The highest BCUT2D eigenvalue weighted by molar-refractivity contribution is 7.86. The first kappa shape index (κ1) is 13.6. The highest BCUT2D eigenvalue weighted by Crippen LogP contribution is 2.26. The summed E-state index contributed by atoms with van der Waals surface area (Å²) in [7, 11) is -3.23. The van der Waals surface area contributed by atoms with Crippen LogP contribution in [0.5, 0.6) is 0 Å². The molecule has 4 nitrogen and oxygen atoms in total. The molecule has 17 heavy (non-hydrogen) atoms. The van der Waals surface area contributed by atoms with Gasteiger partial charge in [0.15, 0.2) is 0 Å². The Bertz CT molecular complexity index is 339. The van der Waals surface area contributed by atoms with Gasteiger partial charge in [0.2, 0.25) is 0 Å². The fraction of sp³-hybridized carbons (Fsp3) is 1.00. The number of halogens is 1. The van der Waals surface area contributed by atoms with Crippen LogP contribution >= 0.6 is 11.6 Å². The van der Waals surface area contributed by atoms with Crippen LogP contribution in [0.15, 0.2) is 0 Å². The molecule has 0 saturated carbocycles. The van der Waals surface area contributed by atoms with Crippen molar-refractivity contribution < 1.29 is 8.42 Å². The lowest BCUT2D eigenvalue weighted by Gasteiger charge is -2.36. The zero-order chi connectivity index (χ0) is 12.3. The predicted molar refractivity (Wildman–Crippen MR) is 69.4 cm³/mol. The molecule has 6 heteroatoms. The summed E-state index contributed by atoms with van der Waals surface area (Å²) in [6.07, 6.45) is 5.81. The minimum atomic E-state index is -3.23. The molecule has 0 amide bonds. The van der Waals surface area contributed by atoms with Gasteiger partial charge < -0.3 is 0 Å². The van der Waals surface area contributed by atoms with Crippen molar-refractivity contribution >= 4 is 21.8 Å². The van der Waals surface area contributed by atoms with E-state index in [2.05, 4.69) is 0 Å². The average Bonchev–Trinajstić information content (AvgIpc) is 2.84. The predicted octanol–water partition coefficient (Wildman–Crippen LogP) is 1.81. The number of rotatable bonds is 4. The molecule has 2 heterocycles. The van der Waals surface area contributed by atoms with Gasteiger partial charge in [0.05, 0.1) is 0 Å². The standard InChI is InChI=1S/C11H21ClN2O2S/c12-7-6-11-5-1-2-10-14(11)17(15,16)13-8-3-4-9-13/h11H,1-10H2. The van der Waals surface area contributed by atoms with Gasteiger partial charge in [0.25, 0.3) is 10.2 Å². The maximum absolute atomic E-state index is 12.5. The van der Waals surface area contributed by atoms with Crippen LogP contribution in [0.4, 0.5) is 0 Å². The van der Waals surface area contributed by atoms with Crippen LogP contribution in [0.2, 0.25) is 0 Å². The van der Waals surface area contributed by atoms with Crippen LogP contribution in [-0.2, 0) is 10.2 Å². The summed E-state index contributed by atoms with van der Waals surface area (Å²) in [5.41, 5.74) is 0. The van der Waals surface area contributed by atoms with E-state index in [1.54, 1.807) is 8.61 Å². The van der Waals surface area contributed by atoms with Crippen molar-refractivity contribution in [1.82, 2.24) is 8.61 Å². The van der Waals surface area contributed by atoms with E-state index in [4.69, 9.17) is 11.6 Å². The number of hydrogen-bond acceptors (Lipinski definition) is 2. The Labute approximate surface area is 109 Å². The minimum Gasteiger partial charge on any atom is -0.195 e. The van der Waals surface area contributed by atoms with Crippen molar-refractivity contribution in [1.29, 1.82) is 0 Å². The highest BCUT2D eigenvalue weighted by atomic mass is 35.5. The fourth-order valence-electron chi connectivity index (χ4n) is 2.76. The molecule has 0 aromatic heterocycles. The van der Waals surface area contributed by atoms with Crippen molar-refractivity contribution in [3.8, 4) is 0 Å². The summed E-state index contributed by atoms with van der Waals surface area (Å²) >= 11 is 5.77. The monoisotopic (exact) mass is 280 g/mol. The Kier molecular flexibility index (Phi) is 4.69. The Morgan fingerprint density at radius 3 is 2.35 bits per heavy atom. The van der Waals surface area contributed by atoms with Crippen molar-refractivity contribution in [3.05, 3.63) is 0 Å². The zero-order valence-electron chi connectivity index (χ0n) is 10.1. The molecule has 0 spiro atoms. The van der Waals surface area contributed by atoms with E-state index in [0.29, 0.717) is 25.5 Å². The molecule has 1 atom stereocenters. The summed E-state index contributed by atoms with van der Waals surface area (Å²) in [6.45, 7) is 2.04. The first-order valence-corrected chi connectivity index (χ1v) is 8.42. The molecule has 0 radical (unpaired) electrons. The maximum Gasteiger partial charge on any atom is 0.282 e. The van der Waals surface area contributed by atoms with Crippen LogP contribution in [0.3, 0.4) is 0 Å². The number of alkyl halides is 1. The third-order valence-electron chi connectivity index (χ3n) is 3.70. The van der Waals surface area contributed by atoms with E-state index in [1.165, 1.54) is 0 Å². The Morgan fingerprint density at radius 1 is 1.06 bits per heavy atom. The van der Waals surface area contributed by atoms with E-state index in [1.807, 2.05) is 0 Å². The van der Waals surface area contributed by atoms with Crippen LogP contribution in [0.25, 0.3) is 0 Å². The number of piperidine rings is 1. The van der Waals surface area contributed by atoms with Gasteiger partial charge in [-0.05, 0) is 32.1 Å². The van der Waals surface area contributed by atoms with Crippen molar-refractivity contribution in [3.63, 3.8) is 0 Å². The highest BCUT2D eigenvalue weighted by Gasteiger charge is 2.36. The van der Waals surface area contributed by atoms with Crippen LogP contribution in [0.1, 0.15) is 38.5 Å². The molecule has 0 bridgehead atoms. The molecule has 0 aromatic carbocycles. The third kappa shape index (κ3) is 2.95. The summed E-state index contributed by atoms with van der Waals surface area (Å²) in [6, 6.07) is 0.117. The Balaban J connectivity index is 2.11. The van der Waals surface area contributed by atoms with Gasteiger partial charge in [-0.2, -0.15) is 17.0 Å². The van der Waals surface area contributed by atoms with Gasteiger partial charge >= 0.3 is 0 Å². The van der Waals surface area contributed by atoms with E-state index < -0.39 is 10.2 Å². The SMILES string of the molecule is O=S(=O)(N1CCCC1)N1CCCCC1CCCl. The Morgan fingerprint density at radius 2 is 1.71 bits per heavy atom. The fourth-order valence-corrected chi connectivity index (χ4v) is 4.97. The number of hydrogen-bond donors (Lipinski definition) is 0. The van der Waals surface area contributed by atoms with Crippen LogP contribution in [0, 0.1) is 0 Å². The van der Waals surface area contributed by atoms with Crippen molar-refractivity contribution in [2.24, 2.45) is 0 Å². The summed E-state index contributed by atoms with van der Waals surface area (Å²) in [5, 5.41) is 0. The van der Waals surface area contributed by atoms with Gasteiger partial charge in [-0.15, -0.1) is 11.6 Å². The quantitative estimate of drug-likeness (QED) is 0.737. The summed E-state index contributed by atoms with van der Waals surface area (Å²) < 4.78 is 28.3. The molecule has 0 N–H and O–H groups in total.